The highest BCUT2D eigenvalue weighted by molar-refractivity contribution is 6.15. The van der Waals surface area contributed by atoms with Gasteiger partial charge in [-0.15, -0.1) is 0 Å². The van der Waals surface area contributed by atoms with Gasteiger partial charge in [0.25, 0.3) is 0 Å². The molecule has 4 nitrogen and oxygen atoms in total. The first-order valence-electron chi connectivity index (χ1n) is 12.1. The molecule has 178 valence electrons. The van der Waals surface area contributed by atoms with Gasteiger partial charge in [-0.1, -0.05) is 57.6 Å². The largest absolute Gasteiger partial charge is 0.385 e. The van der Waals surface area contributed by atoms with Crippen molar-refractivity contribution in [1.82, 2.24) is 0 Å². The second kappa shape index (κ2) is 7.84. The highest BCUT2D eigenvalue weighted by Gasteiger charge is 2.65. The monoisotopic (exact) mass is 458 g/mol. The van der Waals surface area contributed by atoms with Crippen LogP contribution < -0.4 is 0 Å². The number of Topliss-reactive ketones (excluding diaryl/α,β-unsaturated/α-hetero) is 1. The summed E-state index contributed by atoms with van der Waals surface area (Å²) in [6, 6.07) is 1.81. The maximum Gasteiger partial charge on any atom is 0.171 e. The number of hydrogen-bond acceptors (Lipinski definition) is 4. The van der Waals surface area contributed by atoms with Crippen LogP contribution in [0, 0.1) is 24.2 Å². The van der Waals surface area contributed by atoms with E-state index < -0.39 is 16.9 Å². The van der Waals surface area contributed by atoms with Crippen molar-refractivity contribution in [2.24, 2.45) is 17.3 Å². The lowest BCUT2D eigenvalue weighted by molar-refractivity contribution is -0.125. The van der Waals surface area contributed by atoms with Crippen LogP contribution in [0.15, 0.2) is 52.7 Å². The number of benzene rings is 1. The number of carbonyl (C=O) groups is 3. The van der Waals surface area contributed by atoms with Crippen LogP contribution >= 0.6 is 0 Å². The highest BCUT2D eigenvalue weighted by atomic mass is 16.3. The lowest BCUT2D eigenvalue weighted by Crippen LogP contribution is -2.48. The van der Waals surface area contributed by atoms with Gasteiger partial charge in [0, 0.05) is 11.1 Å². The molecule has 3 atom stereocenters. The predicted molar refractivity (Wildman–Crippen MR) is 134 cm³/mol. The van der Waals surface area contributed by atoms with Gasteiger partial charge < -0.3 is 5.11 Å². The fourth-order valence-electron chi connectivity index (χ4n) is 6.30. The second-order valence-corrected chi connectivity index (χ2v) is 10.9. The summed E-state index contributed by atoms with van der Waals surface area (Å²) >= 11 is 0. The molecule has 3 aliphatic rings. The first-order chi connectivity index (χ1) is 15.8. The number of allylic oxidation sites excluding steroid dienone is 8. The molecule has 0 aromatic heterocycles. The average molecular weight is 459 g/mol. The molecular weight excluding hydrogens is 424 g/mol. The molecule has 4 heteroatoms. The summed E-state index contributed by atoms with van der Waals surface area (Å²) in [5.74, 6) is -1.21. The van der Waals surface area contributed by atoms with Crippen LogP contribution in [0.4, 0.5) is 0 Å². The Morgan fingerprint density at radius 2 is 1.65 bits per heavy atom. The van der Waals surface area contributed by atoms with Crippen LogP contribution in [0.2, 0.25) is 0 Å². The van der Waals surface area contributed by atoms with Crippen LogP contribution in [0.3, 0.4) is 0 Å². The van der Waals surface area contributed by atoms with E-state index >= 15 is 0 Å². The quantitative estimate of drug-likeness (QED) is 0.567. The molecule has 0 bridgehead atoms. The topological polar surface area (TPSA) is 71.4 Å². The van der Waals surface area contributed by atoms with Crippen LogP contribution in [-0.2, 0) is 10.4 Å². The predicted octanol–water partition coefficient (Wildman–Crippen LogP) is 5.94. The van der Waals surface area contributed by atoms with E-state index in [1.165, 1.54) is 0 Å². The van der Waals surface area contributed by atoms with Crippen LogP contribution in [0.5, 0.6) is 0 Å². The summed E-state index contributed by atoms with van der Waals surface area (Å²) in [7, 11) is 0. The van der Waals surface area contributed by atoms with Gasteiger partial charge in [0.15, 0.2) is 17.9 Å². The molecule has 0 spiro atoms. The van der Waals surface area contributed by atoms with Gasteiger partial charge in [-0.25, -0.2) is 0 Å². The summed E-state index contributed by atoms with van der Waals surface area (Å²) in [6.07, 6.45) is 8.39. The van der Waals surface area contributed by atoms with E-state index in [1.54, 1.807) is 19.9 Å². The Hall–Kier alpha value is -2.85. The molecule has 1 N–H and O–H groups in total. The molecule has 3 aliphatic carbocycles. The zero-order chi connectivity index (χ0) is 25.3. The molecule has 0 aliphatic heterocycles. The van der Waals surface area contributed by atoms with E-state index in [4.69, 9.17) is 0 Å². The minimum absolute atomic E-state index is 0.0390. The molecule has 0 unspecified atom stereocenters. The maximum absolute atomic E-state index is 14.2. The second-order valence-electron chi connectivity index (χ2n) is 10.9. The SMILES string of the molecule is CC1=CC(=O)[C@@]2([C@H]3C(=O)c4c(cc(C(C)C)c(C=O)c4C)[C@]3(C)O)C(C)=CC=C(C(C)C)C=C12. The van der Waals surface area contributed by atoms with Gasteiger partial charge in [-0.2, -0.15) is 0 Å². The molecule has 1 aromatic carbocycles. The molecule has 0 heterocycles. The third-order valence-corrected chi connectivity index (χ3v) is 8.16. The minimum atomic E-state index is -1.59. The smallest absolute Gasteiger partial charge is 0.171 e. The fourth-order valence-corrected chi connectivity index (χ4v) is 6.30. The average Bonchev–Trinajstić information content (AvgIpc) is 3.02. The first kappa shape index (κ1) is 24.3. The van der Waals surface area contributed by atoms with Crippen molar-refractivity contribution in [3.63, 3.8) is 0 Å². The number of carbonyl (C=O) groups excluding carboxylic acids is 3. The lowest BCUT2D eigenvalue weighted by atomic mass is 9.59. The standard InChI is InChI=1S/C30H34O4/c1-15(2)20-10-9-18(6)30(23(12-20)17(5)11-25(30)32)28-27(33)26-19(7)22(14-31)21(16(3)4)13-24(26)29(28,8)34/h9-16,28,34H,1-8H3/t28-,29-,30+/m0/s1. The molecule has 0 saturated carbocycles. The molecular formula is C30H34O4. The molecule has 1 aromatic rings. The van der Waals surface area contributed by atoms with Crippen molar-refractivity contribution >= 4 is 17.9 Å². The van der Waals surface area contributed by atoms with Crippen molar-refractivity contribution in [2.75, 3.05) is 0 Å². The summed E-state index contributed by atoms with van der Waals surface area (Å²) in [5.41, 5.74) is 3.31. The van der Waals surface area contributed by atoms with E-state index in [-0.39, 0.29) is 23.4 Å². The Bertz CT molecular complexity index is 1260. The van der Waals surface area contributed by atoms with Crippen molar-refractivity contribution in [3.05, 3.63) is 80.5 Å². The zero-order valence-electron chi connectivity index (χ0n) is 21.4. The third-order valence-electron chi connectivity index (χ3n) is 8.16. The van der Waals surface area contributed by atoms with Gasteiger partial charge in [-0.3, -0.25) is 14.4 Å². The molecule has 0 saturated heterocycles. The van der Waals surface area contributed by atoms with Gasteiger partial charge in [0.2, 0.25) is 0 Å². The van der Waals surface area contributed by atoms with E-state index in [9.17, 15) is 19.5 Å². The van der Waals surface area contributed by atoms with Gasteiger partial charge in [0.1, 0.15) is 0 Å². The molecule has 0 amide bonds. The van der Waals surface area contributed by atoms with Crippen LogP contribution in [0.1, 0.15) is 91.8 Å². The molecule has 34 heavy (non-hydrogen) atoms. The number of fused-ring (bicyclic) bond motifs is 2. The maximum atomic E-state index is 14.2. The molecule has 0 radical (unpaired) electrons. The van der Waals surface area contributed by atoms with Crippen LogP contribution in [0.25, 0.3) is 0 Å². The van der Waals surface area contributed by atoms with Crippen molar-refractivity contribution in [3.8, 4) is 0 Å². The lowest BCUT2D eigenvalue weighted by Gasteiger charge is -2.42. The van der Waals surface area contributed by atoms with E-state index in [1.807, 2.05) is 52.0 Å². The minimum Gasteiger partial charge on any atom is -0.385 e. The van der Waals surface area contributed by atoms with Crippen molar-refractivity contribution in [2.45, 2.75) is 66.9 Å². The zero-order valence-corrected chi connectivity index (χ0v) is 21.4. The van der Waals surface area contributed by atoms with Crippen molar-refractivity contribution < 1.29 is 19.5 Å². The van der Waals surface area contributed by atoms with Gasteiger partial charge in [0.05, 0.1) is 16.9 Å². The third kappa shape index (κ3) is 2.97. The number of rotatable bonds is 4. The summed E-state index contributed by atoms with van der Waals surface area (Å²) in [6.45, 7) is 15.4. The Balaban J connectivity index is 2.05. The normalized spacial score (nSPS) is 28.4. The van der Waals surface area contributed by atoms with E-state index in [0.717, 1.165) is 34.1 Å². The number of ketones is 2. The number of aldehydes is 1. The number of aliphatic hydroxyl groups is 1. The van der Waals surface area contributed by atoms with E-state index in [2.05, 4.69) is 13.8 Å². The summed E-state index contributed by atoms with van der Waals surface area (Å²) in [4.78, 5) is 40.1. The van der Waals surface area contributed by atoms with Gasteiger partial charge in [-0.05, 0) is 79.0 Å². The molecule has 0 fully saturated rings. The van der Waals surface area contributed by atoms with E-state index in [0.29, 0.717) is 22.3 Å². The van der Waals surface area contributed by atoms with Gasteiger partial charge >= 0.3 is 0 Å². The Kier molecular flexibility index (Phi) is 5.60. The Morgan fingerprint density at radius 1 is 1.00 bits per heavy atom. The van der Waals surface area contributed by atoms with Crippen molar-refractivity contribution in [1.29, 1.82) is 0 Å². The van der Waals surface area contributed by atoms with Crippen LogP contribution in [-0.4, -0.2) is 23.0 Å². The summed E-state index contributed by atoms with van der Waals surface area (Å²) in [5, 5.41) is 12.1. The fraction of sp³-hybridized carbons (Fsp3) is 0.433. The highest BCUT2D eigenvalue weighted by Crippen LogP contribution is 2.61. The Labute approximate surface area is 202 Å². The first-order valence-corrected chi connectivity index (χ1v) is 12.1. The summed E-state index contributed by atoms with van der Waals surface area (Å²) < 4.78 is 0. The molecule has 4 rings (SSSR count). The Morgan fingerprint density at radius 3 is 2.21 bits per heavy atom. The number of hydrogen-bond donors (Lipinski definition) is 1.